The molecule has 0 bridgehead atoms. The molecule has 0 aromatic rings. The van der Waals surface area contributed by atoms with Crippen LogP contribution in [0.4, 0.5) is 0 Å². The molecule has 1 aliphatic carbocycles. The molecule has 0 aliphatic heterocycles. The molecule has 16 heavy (non-hydrogen) atoms. The Kier molecular flexibility index (Phi) is 5.77. The number of likely N-dealkylation sites (N-methyl/N-ethyl adjacent to an activating group) is 1. The maximum atomic E-state index is 3.91. The van der Waals surface area contributed by atoms with Gasteiger partial charge >= 0.3 is 0 Å². The average Bonchev–Trinajstić information content (AvgIpc) is 2.63. The van der Waals surface area contributed by atoms with Crippen molar-refractivity contribution in [3.05, 3.63) is 0 Å². The molecule has 0 amide bonds. The second kappa shape index (κ2) is 6.61. The molecule has 3 unspecified atom stereocenters. The predicted molar refractivity (Wildman–Crippen MR) is 71.7 cm³/mol. The van der Waals surface area contributed by atoms with Crippen molar-refractivity contribution in [3.63, 3.8) is 0 Å². The van der Waals surface area contributed by atoms with Gasteiger partial charge in [0.1, 0.15) is 0 Å². The van der Waals surface area contributed by atoms with Crippen molar-refractivity contribution in [1.82, 2.24) is 10.2 Å². The lowest BCUT2D eigenvalue weighted by Crippen LogP contribution is -2.48. The van der Waals surface area contributed by atoms with Gasteiger partial charge in [0.15, 0.2) is 0 Å². The Hall–Kier alpha value is -0.0800. The van der Waals surface area contributed by atoms with Crippen LogP contribution in [0.3, 0.4) is 0 Å². The fraction of sp³-hybridized carbons (Fsp3) is 1.00. The van der Waals surface area contributed by atoms with Crippen molar-refractivity contribution in [3.8, 4) is 0 Å². The minimum Gasteiger partial charge on any atom is -0.309 e. The summed E-state index contributed by atoms with van der Waals surface area (Å²) in [6, 6.07) is 1.42. The number of hydrogen-bond acceptors (Lipinski definition) is 2. The van der Waals surface area contributed by atoms with Crippen molar-refractivity contribution >= 4 is 0 Å². The lowest BCUT2D eigenvalue weighted by molar-refractivity contribution is 0.247. The van der Waals surface area contributed by atoms with Crippen LogP contribution in [-0.2, 0) is 0 Å². The molecular weight excluding hydrogens is 196 g/mol. The van der Waals surface area contributed by atoms with E-state index in [1.54, 1.807) is 0 Å². The van der Waals surface area contributed by atoms with Gasteiger partial charge in [0.05, 0.1) is 0 Å². The smallest absolute Gasteiger partial charge is 0.0220 e. The van der Waals surface area contributed by atoms with E-state index in [9.17, 15) is 0 Å². The summed E-state index contributed by atoms with van der Waals surface area (Å²) in [6.45, 7) is 8.15. The minimum atomic E-state index is 0.646. The van der Waals surface area contributed by atoms with E-state index in [2.05, 4.69) is 45.1 Å². The van der Waals surface area contributed by atoms with E-state index in [1.165, 1.54) is 25.7 Å². The number of hydrogen-bond donors (Lipinski definition) is 1. The third kappa shape index (κ3) is 4.06. The zero-order chi connectivity index (χ0) is 12.1. The van der Waals surface area contributed by atoms with Gasteiger partial charge in [-0.05, 0) is 38.8 Å². The molecule has 1 aliphatic rings. The largest absolute Gasteiger partial charge is 0.309 e. The molecule has 0 aromatic carbocycles. The summed E-state index contributed by atoms with van der Waals surface area (Å²) < 4.78 is 0. The molecule has 0 aromatic heterocycles. The van der Waals surface area contributed by atoms with E-state index in [0.717, 1.165) is 24.4 Å². The van der Waals surface area contributed by atoms with Crippen LogP contribution in [0.15, 0.2) is 0 Å². The summed E-state index contributed by atoms with van der Waals surface area (Å²) in [5, 5.41) is 3.91. The van der Waals surface area contributed by atoms with Crippen LogP contribution in [0.5, 0.6) is 0 Å². The van der Waals surface area contributed by atoms with E-state index in [4.69, 9.17) is 0 Å². The van der Waals surface area contributed by atoms with E-state index >= 15 is 0 Å². The number of rotatable bonds is 6. The maximum absolute atomic E-state index is 3.91. The quantitative estimate of drug-likeness (QED) is 0.749. The first-order valence-corrected chi connectivity index (χ1v) is 6.95. The SMILES string of the molecule is CCC1CCCC1NC(CN(C)C)C(C)C. The van der Waals surface area contributed by atoms with Crippen molar-refractivity contribution < 1.29 is 0 Å². The molecule has 2 nitrogen and oxygen atoms in total. The normalized spacial score (nSPS) is 27.9. The number of nitrogens with one attached hydrogen (secondary N) is 1. The number of nitrogens with zero attached hydrogens (tertiary/aromatic N) is 1. The van der Waals surface area contributed by atoms with Gasteiger partial charge in [-0.15, -0.1) is 0 Å². The van der Waals surface area contributed by atoms with Crippen molar-refractivity contribution in [2.75, 3.05) is 20.6 Å². The van der Waals surface area contributed by atoms with Crippen LogP contribution in [0, 0.1) is 11.8 Å². The Bertz CT molecular complexity index is 189. The third-order valence-corrected chi connectivity index (χ3v) is 3.98. The fourth-order valence-corrected chi connectivity index (χ4v) is 2.87. The first kappa shape index (κ1) is 14.0. The highest BCUT2D eigenvalue weighted by atomic mass is 15.1. The summed E-state index contributed by atoms with van der Waals surface area (Å²) in [5.41, 5.74) is 0. The monoisotopic (exact) mass is 226 g/mol. The van der Waals surface area contributed by atoms with E-state index in [0.29, 0.717) is 6.04 Å². The molecule has 1 rings (SSSR count). The molecule has 0 radical (unpaired) electrons. The van der Waals surface area contributed by atoms with Crippen molar-refractivity contribution in [2.24, 2.45) is 11.8 Å². The highest BCUT2D eigenvalue weighted by Crippen LogP contribution is 2.28. The molecular formula is C14H30N2. The molecule has 1 fully saturated rings. The van der Waals surface area contributed by atoms with Gasteiger partial charge in [-0.2, -0.15) is 0 Å². The van der Waals surface area contributed by atoms with Crippen LogP contribution >= 0.6 is 0 Å². The van der Waals surface area contributed by atoms with Gasteiger partial charge in [0, 0.05) is 18.6 Å². The fourth-order valence-electron chi connectivity index (χ4n) is 2.87. The summed E-state index contributed by atoms with van der Waals surface area (Å²) in [7, 11) is 4.34. The molecule has 0 saturated heterocycles. The van der Waals surface area contributed by atoms with Gasteiger partial charge in [-0.1, -0.05) is 33.6 Å². The van der Waals surface area contributed by atoms with E-state index < -0.39 is 0 Å². The van der Waals surface area contributed by atoms with Crippen molar-refractivity contribution in [2.45, 2.75) is 58.5 Å². The van der Waals surface area contributed by atoms with E-state index in [1.807, 2.05) is 0 Å². The highest BCUT2D eigenvalue weighted by Gasteiger charge is 2.28. The van der Waals surface area contributed by atoms with Gasteiger partial charge in [-0.3, -0.25) is 0 Å². The standard InChI is InChI=1S/C14H30N2/c1-6-12-8-7-9-13(12)15-14(11(2)3)10-16(4)5/h11-15H,6-10H2,1-5H3. The minimum absolute atomic E-state index is 0.646. The maximum Gasteiger partial charge on any atom is 0.0220 e. The molecule has 1 saturated carbocycles. The van der Waals surface area contributed by atoms with Crippen LogP contribution < -0.4 is 5.32 Å². The molecule has 0 heterocycles. The van der Waals surface area contributed by atoms with Crippen LogP contribution in [0.25, 0.3) is 0 Å². The molecule has 96 valence electrons. The van der Waals surface area contributed by atoms with Gasteiger partial charge in [0.25, 0.3) is 0 Å². The lowest BCUT2D eigenvalue weighted by atomic mass is 9.97. The van der Waals surface area contributed by atoms with E-state index in [-0.39, 0.29) is 0 Å². The lowest BCUT2D eigenvalue weighted by Gasteiger charge is -2.31. The third-order valence-electron chi connectivity index (χ3n) is 3.98. The summed E-state index contributed by atoms with van der Waals surface area (Å²) >= 11 is 0. The van der Waals surface area contributed by atoms with Crippen LogP contribution in [0.1, 0.15) is 46.5 Å². The van der Waals surface area contributed by atoms with Gasteiger partial charge in [-0.25, -0.2) is 0 Å². The predicted octanol–water partition coefficient (Wildman–Crippen LogP) is 2.74. The molecule has 3 atom stereocenters. The van der Waals surface area contributed by atoms with Gasteiger partial charge in [0.2, 0.25) is 0 Å². The summed E-state index contributed by atoms with van der Waals surface area (Å²) in [4.78, 5) is 2.30. The Labute approximate surface area is 102 Å². The summed E-state index contributed by atoms with van der Waals surface area (Å²) in [5.74, 6) is 1.64. The summed E-state index contributed by atoms with van der Waals surface area (Å²) in [6.07, 6.45) is 5.57. The Balaban J connectivity index is 2.47. The Morgan fingerprint density at radius 1 is 1.25 bits per heavy atom. The first-order chi connectivity index (χ1) is 7.54. The molecule has 2 heteroatoms. The average molecular weight is 226 g/mol. The Morgan fingerprint density at radius 3 is 2.44 bits per heavy atom. The van der Waals surface area contributed by atoms with Crippen LogP contribution in [-0.4, -0.2) is 37.6 Å². The first-order valence-electron chi connectivity index (χ1n) is 6.95. The molecule has 0 spiro atoms. The van der Waals surface area contributed by atoms with Gasteiger partial charge < -0.3 is 10.2 Å². The second-order valence-electron chi connectivity index (χ2n) is 5.99. The Morgan fingerprint density at radius 2 is 1.94 bits per heavy atom. The highest BCUT2D eigenvalue weighted by molar-refractivity contribution is 4.86. The zero-order valence-electron chi connectivity index (χ0n) is 11.8. The van der Waals surface area contributed by atoms with Crippen LogP contribution in [0.2, 0.25) is 0 Å². The second-order valence-corrected chi connectivity index (χ2v) is 5.99. The molecule has 1 N–H and O–H groups in total. The topological polar surface area (TPSA) is 15.3 Å². The zero-order valence-corrected chi connectivity index (χ0v) is 11.8. The van der Waals surface area contributed by atoms with Crippen molar-refractivity contribution in [1.29, 1.82) is 0 Å².